The van der Waals surface area contributed by atoms with Crippen molar-refractivity contribution in [3.05, 3.63) is 29.8 Å². The molecular weight excluding hydrogens is 284 g/mol. The van der Waals surface area contributed by atoms with Crippen molar-refractivity contribution in [1.29, 1.82) is 0 Å². The maximum absolute atomic E-state index is 12.4. The number of hydrogen-bond acceptors (Lipinski definition) is 4. The van der Waals surface area contributed by atoms with Crippen LogP contribution in [-0.2, 0) is 16.0 Å². The van der Waals surface area contributed by atoms with Crippen LogP contribution in [0, 0.1) is 0 Å². The van der Waals surface area contributed by atoms with E-state index in [0.717, 1.165) is 11.3 Å². The summed E-state index contributed by atoms with van der Waals surface area (Å²) in [7, 11) is 1.64. The highest BCUT2D eigenvalue weighted by atomic mass is 16.6. The number of cyclic esters (lactones) is 1. The van der Waals surface area contributed by atoms with Gasteiger partial charge in [-0.1, -0.05) is 18.2 Å². The van der Waals surface area contributed by atoms with Gasteiger partial charge in [0.25, 0.3) is 0 Å². The zero-order chi connectivity index (χ0) is 15.5. The Labute approximate surface area is 129 Å². The summed E-state index contributed by atoms with van der Waals surface area (Å²) in [6.45, 7) is 2.09. The summed E-state index contributed by atoms with van der Waals surface area (Å²) in [5, 5.41) is 0. The third kappa shape index (κ3) is 2.86. The Kier molecular flexibility index (Phi) is 4.18. The molecule has 2 heterocycles. The second-order valence-electron chi connectivity index (χ2n) is 5.58. The largest absolute Gasteiger partial charge is 0.496 e. The molecule has 1 aromatic rings. The first kappa shape index (κ1) is 14.7. The van der Waals surface area contributed by atoms with Crippen LogP contribution in [0.1, 0.15) is 12.0 Å². The van der Waals surface area contributed by atoms with Crippen LogP contribution in [0.5, 0.6) is 5.75 Å². The lowest BCUT2D eigenvalue weighted by atomic mass is 10.1. The van der Waals surface area contributed by atoms with Gasteiger partial charge in [0.1, 0.15) is 12.4 Å². The van der Waals surface area contributed by atoms with Gasteiger partial charge < -0.3 is 14.4 Å². The highest BCUT2D eigenvalue weighted by molar-refractivity contribution is 5.77. The minimum atomic E-state index is -0.258. The van der Waals surface area contributed by atoms with Gasteiger partial charge in [-0.3, -0.25) is 9.69 Å². The van der Waals surface area contributed by atoms with Gasteiger partial charge in [0.05, 0.1) is 13.2 Å². The van der Waals surface area contributed by atoms with E-state index in [2.05, 4.69) is 0 Å². The SMILES string of the molecule is COc1ccccc1CCC(=O)N1CCN2C(=O)OCC2C1. The summed E-state index contributed by atoms with van der Waals surface area (Å²) in [5.74, 6) is 0.930. The van der Waals surface area contributed by atoms with E-state index in [1.54, 1.807) is 12.0 Å². The summed E-state index contributed by atoms with van der Waals surface area (Å²) in [6.07, 6.45) is 0.844. The van der Waals surface area contributed by atoms with Gasteiger partial charge in [-0.15, -0.1) is 0 Å². The fraction of sp³-hybridized carbons (Fsp3) is 0.500. The van der Waals surface area contributed by atoms with E-state index in [4.69, 9.17) is 9.47 Å². The Morgan fingerprint density at radius 3 is 3.00 bits per heavy atom. The van der Waals surface area contributed by atoms with E-state index in [0.29, 0.717) is 39.1 Å². The van der Waals surface area contributed by atoms with Crippen molar-refractivity contribution in [1.82, 2.24) is 9.80 Å². The molecule has 0 saturated carbocycles. The lowest BCUT2D eigenvalue weighted by Crippen LogP contribution is -2.53. The second-order valence-corrected chi connectivity index (χ2v) is 5.58. The van der Waals surface area contributed by atoms with Crippen LogP contribution in [-0.4, -0.2) is 61.2 Å². The lowest BCUT2D eigenvalue weighted by Gasteiger charge is -2.35. The van der Waals surface area contributed by atoms with Crippen LogP contribution in [0.2, 0.25) is 0 Å². The van der Waals surface area contributed by atoms with E-state index >= 15 is 0 Å². The molecule has 118 valence electrons. The fourth-order valence-corrected chi connectivity index (χ4v) is 3.02. The van der Waals surface area contributed by atoms with Crippen molar-refractivity contribution in [2.75, 3.05) is 33.4 Å². The number of carbonyl (C=O) groups is 2. The van der Waals surface area contributed by atoms with Crippen molar-refractivity contribution < 1.29 is 19.1 Å². The molecule has 0 aromatic heterocycles. The van der Waals surface area contributed by atoms with Crippen LogP contribution >= 0.6 is 0 Å². The number of nitrogens with zero attached hydrogens (tertiary/aromatic N) is 2. The van der Waals surface area contributed by atoms with Crippen LogP contribution in [0.4, 0.5) is 4.79 Å². The third-order valence-electron chi connectivity index (χ3n) is 4.27. The molecule has 2 saturated heterocycles. The number of hydrogen-bond donors (Lipinski definition) is 0. The molecule has 3 rings (SSSR count). The predicted octanol–water partition coefficient (Wildman–Crippen LogP) is 1.29. The van der Waals surface area contributed by atoms with Gasteiger partial charge in [0.2, 0.25) is 5.91 Å². The van der Waals surface area contributed by atoms with E-state index in [9.17, 15) is 9.59 Å². The molecule has 0 radical (unpaired) electrons. The van der Waals surface area contributed by atoms with E-state index in [1.807, 2.05) is 29.2 Å². The molecule has 2 fully saturated rings. The van der Waals surface area contributed by atoms with Crippen molar-refractivity contribution in [2.24, 2.45) is 0 Å². The summed E-state index contributed by atoms with van der Waals surface area (Å²) in [6, 6.07) is 7.76. The Hall–Kier alpha value is -2.24. The average Bonchev–Trinajstić information content (AvgIpc) is 2.93. The zero-order valence-corrected chi connectivity index (χ0v) is 12.7. The fourth-order valence-electron chi connectivity index (χ4n) is 3.02. The number of amides is 2. The molecule has 0 bridgehead atoms. The standard InChI is InChI=1S/C16H20N2O4/c1-21-14-5-3-2-4-12(14)6-7-15(19)17-8-9-18-13(10-17)11-22-16(18)20/h2-5,13H,6-11H2,1H3. The smallest absolute Gasteiger partial charge is 0.410 e. The Bertz CT molecular complexity index is 575. The Morgan fingerprint density at radius 2 is 2.18 bits per heavy atom. The van der Waals surface area contributed by atoms with Gasteiger partial charge in [-0.25, -0.2) is 4.79 Å². The number of aryl methyl sites for hydroxylation is 1. The Balaban J connectivity index is 1.55. The summed E-state index contributed by atoms with van der Waals surface area (Å²) in [4.78, 5) is 27.4. The summed E-state index contributed by atoms with van der Waals surface area (Å²) in [5.41, 5.74) is 1.04. The number of methoxy groups -OCH3 is 1. The first-order valence-electron chi connectivity index (χ1n) is 7.52. The minimum Gasteiger partial charge on any atom is -0.496 e. The van der Waals surface area contributed by atoms with Gasteiger partial charge in [0.15, 0.2) is 0 Å². The van der Waals surface area contributed by atoms with Crippen molar-refractivity contribution in [3.8, 4) is 5.75 Å². The van der Waals surface area contributed by atoms with Crippen molar-refractivity contribution in [3.63, 3.8) is 0 Å². The Morgan fingerprint density at radius 1 is 1.36 bits per heavy atom. The second kappa shape index (κ2) is 6.25. The van der Waals surface area contributed by atoms with Crippen LogP contribution in [0.15, 0.2) is 24.3 Å². The maximum Gasteiger partial charge on any atom is 0.410 e. The van der Waals surface area contributed by atoms with Gasteiger partial charge in [-0.2, -0.15) is 0 Å². The number of piperazine rings is 1. The highest BCUT2D eigenvalue weighted by Crippen LogP contribution is 2.21. The molecule has 1 atom stereocenters. The average molecular weight is 304 g/mol. The molecule has 2 amide bonds. The van der Waals surface area contributed by atoms with E-state index in [1.165, 1.54) is 0 Å². The molecule has 0 spiro atoms. The topological polar surface area (TPSA) is 59.1 Å². The number of fused-ring (bicyclic) bond motifs is 1. The molecule has 1 unspecified atom stereocenters. The number of rotatable bonds is 4. The molecule has 1 aromatic carbocycles. The minimum absolute atomic E-state index is 0.0106. The first-order chi connectivity index (χ1) is 10.7. The van der Waals surface area contributed by atoms with Gasteiger partial charge in [-0.05, 0) is 18.1 Å². The van der Waals surface area contributed by atoms with E-state index in [-0.39, 0.29) is 18.0 Å². The van der Waals surface area contributed by atoms with Crippen LogP contribution in [0.25, 0.3) is 0 Å². The van der Waals surface area contributed by atoms with Gasteiger partial charge in [0, 0.05) is 26.1 Å². The molecule has 6 nitrogen and oxygen atoms in total. The zero-order valence-electron chi connectivity index (χ0n) is 12.7. The number of para-hydroxylation sites is 1. The molecule has 22 heavy (non-hydrogen) atoms. The molecule has 2 aliphatic heterocycles. The van der Waals surface area contributed by atoms with Gasteiger partial charge >= 0.3 is 6.09 Å². The highest BCUT2D eigenvalue weighted by Gasteiger charge is 2.38. The van der Waals surface area contributed by atoms with Crippen molar-refractivity contribution in [2.45, 2.75) is 18.9 Å². The first-order valence-corrected chi connectivity index (χ1v) is 7.52. The lowest BCUT2D eigenvalue weighted by molar-refractivity contribution is -0.133. The molecule has 0 aliphatic carbocycles. The summed E-state index contributed by atoms with van der Waals surface area (Å²) >= 11 is 0. The third-order valence-corrected chi connectivity index (χ3v) is 4.27. The van der Waals surface area contributed by atoms with Crippen molar-refractivity contribution >= 4 is 12.0 Å². The van der Waals surface area contributed by atoms with Crippen LogP contribution < -0.4 is 4.74 Å². The van der Waals surface area contributed by atoms with E-state index < -0.39 is 0 Å². The molecule has 2 aliphatic rings. The number of benzene rings is 1. The van der Waals surface area contributed by atoms with Crippen LogP contribution in [0.3, 0.4) is 0 Å². The quantitative estimate of drug-likeness (QED) is 0.841. The summed E-state index contributed by atoms with van der Waals surface area (Å²) < 4.78 is 10.3. The molecule has 6 heteroatoms. The number of carbonyl (C=O) groups excluding carboxylic acids is 2. The molecular formula is C16H20N2O4. The monoisotopic (exact) mass is 304 g/mol. The maximum atomic E-state index is 12.4. The predicted molar refractivity (Wildman–Crippen MR) is 79.7 cm³/mol. The number of ether oxygens (including phenoxy) is 2. The normalized spacial score (nSPS) is 20.6. The molecule has 0 N–H and O–H groups in total.